The van der Waals surface area contributed by atoms with Crippen LogP contribution in [0.3, 0.4) is 0 Å². The maximum absolute atomic E-state index is 13.9. The molecule has 0 spiro atoms. The molecule has 0 fully saturated rings. The van der Waals surface area contributed by atoms with Crippen molar-refractivity contribution in [2.24, 2.45) is 0 Å². The Kier molecular flexibility index (Phi) is 6.66. The Morgan fingerprint density at radius 3 is 2.81 bits per heavy atom. The van der Waals surface area contributed by atoms with E-state index in [1.807, 2.05) is 49.4 Å². The highest BCUT2D eigenvalue weighted by molar-refractivity contribution is 7.80. The molecule has 0 unspecified atom stereocenters. The highest BCUT2D eigenvalue weighted by atomic mass is 32.1. The van der Waals surface area contributed by atoms with Crippen molar-refractivity contribution in [1.29, 1.82) is 0 Å². The van der Waals surface area contributed by atoms with Crippen LogP contribution >= 0.6 is 12.2 Å². The van der Waals surface area contributed by atoms with Crippen molar-refractivity contribution < 1.29 is 9.13 Å². The Morgan fingerprint density at radius 1 is 1.16 bits per heavy atom. The fourth-order valence-electron chi connectivity index (χ4n) is 3.77. The summed E-state index contributed by atoms with van der Waals surface area (Å²) < 4.78 is 19.2. The van der Waals surface area contributed by atoms with Gasteiger partial charge in [0.15, 0.2) is 5.11 Å². The summed E-state index contributed by atoms with van der Waals surface area (Å²) in [4.78, 5) is 9.88. The maximum Gasteiger partial charge on any atom is 0.173 e. The predicted molar refractivity (Wildman–Crippen MR) is 131 cm³/mol. The lowest BCUT2D eigenvalue weighted by Gasteiger charge is -2.26. The number of aromatic amines is 1. The number of hydrogen-bond donors (Lipinski definition) is 2. The molecule has 0 saturated carbocycles. The van der Waals surface area contributed by atoms with E-state index in [0.717, 1.165) is 39.3 Å². The van der Waals surface area contributed by atoms with Crippen molar-refractivity contribution in [2.75, 3.05) is 19.0 Å². The normalized spacial score (nSPS) is 10.8. The zero-order valence-electron chi connectivity index (χ0n) is 18.1. The number of H-pyrrole nitrogens is 1. The second-order valence-corrected chi connectivity index (χ2v) is 7.96. The minimum Gasteiger partial charge on any atom is -0.497 e. The summed E-state index contributed by atoms with van der Waals surface area (Å²) in [5.74, 6) is 0.517. The van der Waals surface area contributed by atoms with Crippen LogP contribution in [0.25, 0.3) is 10.9 Å². The van der Waals surface area contributed by atoms with Gasteiger partial charge in [-0.25, -0.2) is 4.39 Å². The van der Waals surface area contributed by atoms with E-state index in [9.17, 15) is 4.39 Å². The highest BCUT2D eigenvalue weighted by Crippen LogP contribution is 2.24. The summed E-state index contributed by atoms with van der Waals surface area (Å²) in [5.41, 5.74) is 4.84. The van der Waals surface area contributed by atoms with Crippen LogP contribution in [0.4, 0.5) is 10.1 Å². The van der Waals surface area contributed by atoms with Gasteiger partial charge in [-0.05, 0) is 73.6 Å². The Labute approximate surface area is 192 Å². The fourth-order valence-corrected chi connectivity index (χ4v) is 4.04. The number of fused-ring (bicyclic) bond motifs is 1. The second-order valence-electron chi connectivity index (χ2n) is 7.57. The van der Waals surface area contributed by atoms with Crippen LogP contribution in [0.5, 0.6) is 5.75 Å². The van der Waals surface area contributed by atoms with E-state index < -0.39 is 0 Å². The molecule has 2 N–H and O–H groups in total. The zero-order chi connectivity index (χ0) is 22.5. The summed E-state index contributed by atoms with van der Waals surface area (Å²) in [5, 5.41) is 4.81. The Balaban J connectivity index is 1.56. The van der Waals surface area contributed by atoms with Gasteiger partial charge in [-0.3, -0.25) is 4.98 Å². The van der Waals surface area contributed by atoms with Gasteiger partial charge in [0.2, 0.25) is 0 Å². The van der Waals surface area contributed by atoms with Gasteiger partial charge >= 0.3 is 0 Å². The molecule has 0 amide bonds. The van der Waals surface area contributed by atoms with Gasteiger partial charge in [0.1, 0.15) is 11.6 Å². The number of benzene rings is 2. The molecule has 0 bridgehead atoms. The van der Waals surface area contributed by atoms with Crippen molar-refractivity contribution in [3.05, 3.63) is 89.6 Å². The predicted octanol–water partition coefficient (Wildman–Crippen LogP) is 5.46. The fraction of sp³-hybridized carbons (Fsp3) is 0.200. The molecule has 0 atom stereocenters. The van der Waals surface area contributed by atoms with E-state index in [1.165, 1.54) is 6.07 Å². The third-order valence-electron chi connectivity index (χ3n) is 5.40. The first-order chi connectivity index (χ1) is 15.5. The monoisotopic (exact) mass is 448 g/mol. The van der Waals surface area contributed by atoms with E-state index in [2.05, 4.69) is 20.2 Å². The number of ether oxygens (including phenoxy) is 1. The van der Waals surface area contributed by atoms with Crippen molar-refractivity contribution in [3.8, 4) is 5.75 Å². The quantitative estimate of drug-likeness (QED) is 0.368. The third kappa shape index (κ3) is 5.06. The zero-order valence-corrected chi connectivity index (χ0v) is 18.9. The van der Waals surface area contributed by atoms with E-state index >= 15 is 0 Å². The molecule has 32 heavy (non-hydrogen) atoms. The molecule has 0 aliphatic carbocycles. The summed E-state index contributed by atoms with van der Waals surface area (Å²) in [6, 6.07) is 18.3. The molecule has 4 aromatic rings. The molecule has 164 valence electrons. The number of aryl methyl sites for hydroxylation is 1. The molecule has 2 heterocycles. The van der Waals surface area contributed by atoms with Crippen LogP contribution in [-0.4, -0.2) is 33.6 Å². The van der Waals surface area contributed by atoms with Gasteiger partial charge in [-0.1, -0.05) is 12.1 Å². The van der Waals surface area contributed by atoms with Gasteiger partial charge in [0, 0.05) is 41.1 Å². The summed E-state index contributed by atoms with van der Waals surface area (Å²) in [7, 11) is 1.64. The number of anilines is 1. The summed E-state index contributed by atoms with van der Waals surface area (Å²) in [6.45, 7) is 3.23. The SMILES string of the molecule is COc1cccc(NC(=S)N(CCc2c(C)[nH]c3ccc(F)cc23)Cc2ccccn2)c1. The minimum atomic E-state index is -0.238. The number of nitrogens with zero attached hydrogens (tertiary/aromatic N) is 2. The Hall–Kier alpha value is -3.45. The van der Waals surface area contributed by atoms with Crippen molar-refractivity contribution in [3.63, 3.8) is 0 Å². The molecular weight excluding hydrogens is 423 g/mol. The van der Waals surface area contributed by atoms with Gasteiger partial charge in [0.05, 0.1) is 19.3 Å². The van der Waals surface area contributed by atoms with Crippen molar-refractivity contribution >= 4 is 33.9 Å². The van der Waals surface area contributed by atoms with Crippen molar-refractivity contribution in [2.45, 2.75) is 19.9 Å². The van der Waals surface area contributed by atoms with E-state index in [0.29, 0.717) is 24.6 Å². The van der Waals surface area contributed by atoms with Crippen LogP contribution in [0.1, 0.15) is 17.0 Å². The highest BCUT2D eigenvalue weighted by Gasteiger charge is 2.15. The second kappa shape index (κ2) is 9.78. The lowest BCUT2D eigenvalue weighted by molar-refractivity contribution is 0.414. The van der Waals surface area contributed by atoms with Gasteiger partial charge in [-0.15, -0.1) is 0 Å². The molecule has 0 saturated heterocycles. The Bertz CT molecular complexity index is 1230. The first kappa shape index (κ1) is 21.8. The first-order valence-corrected chi connectivity index (χ1v) is 10.8. The molecule has 0 aliphatic heterocycles. The van der Waals surface area contributed by atoms with Crippen LogP contribution in [0, 0.1) is 12.7 Å². The number of methoxy groups -OCH3 is 1. The largest absolute Gasteiger partial charge is 0.497 e. The average molecular weight is 449 g/mol. The lowest BCUT2D eigenvalue weighted by atomic mass is 10.1. The number of nitrogens with one attached hydrogen (secondary N) is 2. The van der Waals surface area contributed by atoms with Crippen LogP contribution in [0.15, 0.2) is 66.9 Å². The number of halogens is 1. The number of hydrogen-bond acceptors (Lipinski definition) is 3. The van der Waals surface area contributed by atoms with Crippen LogP contribution in [-0.2, 0) is 13.0 Å². The smallest absolute Gasteiger partial charge is 0.173 e. The van der Waals surface area contributed by atoms with Crippen LogP contribution in [0.2, 0.25) is 0 Å². The number of thiocarbonyl (C=S) groups is 1. The maximum atomic E-state index is 13.9. The lowest BCUT2D eigenvalue weighted by Crippen LogP contribution is -2.36. The molecule has 2 aromatic carbocycles. The summed E-state index contributed by atoms with van der Waals surface area (Å²) in [6.07, 6.45) is 2.49. The standard InChI is InChI=1S/C25H25FN4OS/c1-17-22(23-14-18(26)9-10-24(23)28-17)11-13-30(16-20-6-3-4-12-27-20)25(32)29-19-7-5-8-21(15-19)31-2/h3-10,12,14-15,28H,11,13,16H2,1-2H3,(H,29,32). The van der Waals surface area contributed by atoms with E-state index in [-0.39, 0.29) is 5.82 Å². The van der Waals surface area contributed by atoms with Gasteiger partial charge in [-0.2, -0.15) is 0 Å². The van der Waals surface area contributed by atoms with E-state index in [4.69, 9.17) is 17.0 Å². The van der Waals surface area contributed by atoms with Crippen LogP contribution < -0.4 is 10.1 Å². The third-order valence-corrected chi connectivity index (χ3v) is 5.76. The van der Waals surface area contributed by atoms with Gasteiger partial charge in [0.25, 0.3) is 0 Å². The number of pyridine rings is 1. The topological polar surface area (TPSA) is 53.2 Å². The van der Waals surface area contributed by atoms with Crippen molar-refractivity contribution in [1.82, 2.24) is 14.9 Å². The Morgan fingerprint density at radius 2 is 2.03 bits per heavy atom. The minimum absolute atomic E-state index is 0.238. The average Bonchev–Trinajstić information content (AvgIpc) is 3.11. The molecular formula is C25H25FN4OS. The number of aromatic nitrogens is 2. The molecule has 4 rings (SSSR count). The number of rotatable bonds is 7. The van der Waals surface area contributed by atoms with E-state index in [1.54, 1.807) is 25.4 Å². The molecule has 5 nitrogen and oxygen atoms in total. The summed E-state index contributed by atoms with van der Waals surface area (Å²) >= 11 is 5.76. The molecule has 2 aromatic heterocycles. The molecule has 0 aliphatic rings. The van der Waals surface area contributed by atoms with Gasteiger partial charge < -0.3 is 19.9 Å². The molecule has 7 heteroatoms. The first-order valence-electron chi connectivity index (χ1n) is 10.4. The molecule has 0 radical (unpaired) electrons.